The summed E-state index contributed by atoms with van der Waals surface area (Å²) in [6.45, 7) is 0. The molecule has 0 bridgehead atoms. The van der Waals surface area contributed by atoms with Crippen molar-refractivity contribution < 1.29 is 4.39 Å². The number of likely N-dealkylation sites (N-methyl/N-ethyl adjacent to an activating group) is 1. The number of halogens is 2. The van der Waals surface area contributed by atoms with Crippen LogP contribution in [0.2, 0.25) is 5.02 Å². The van der Waals surface area contributed by atoms with E-state index in [1.54, 1.807) is 12.1 Å². The molecule has 3 nitrogen and oxygen atoms in total. The molecular formula is C15H15ClFN3. The molecule has 1 aliphatic heterocycles. The van der Waals surface area contributed by atoms with Crippen LogP contribution in [0, 0.1) is 5.82 Å². The van der Waals surface area contributed by atoms with E-state index in [1.807, 2.05) is 36.2 Å². The van der Waals surface area contributed by atoms with Gasteiger partial charge in [0.2, 0.25) is 0 Å². The van der Waals surface area contributed by atoms with E-state index in [2.05, 4.69) is 0 Å². The van der Waals surface area contributed by atoms with Crippen LogP contribution >= 0.6 is 11.6 Å². The third-order valence-electron chi connectivity index (χ3n) is 4.01. The standard InChI is InChI=1S/C15H15ClFN3/c1-20-13-5-3-2-4-10(13)15(19,14(20)18)9-6-7-12(17)11(16)8-9/h2-8,14H,18-19H2,1H3. The van der Waals surface area contributed by atoms with E-state index in [-0.39, 0.29) is 5.02 Å². The van der Waals surface area contributed by atoms with Crippen molar-refractivity contribution in [1.82, 2.24) is 0 Å². The van der Waals surface area contributed by atoms with Crippen LogP contribution in [0.3, 0.4) is 0 Å². The fourth-order valence-electron chi connectivity index (χ4n) is 2.83. The highest BCUT2D eigenvalue weighted by atomic mass is 35.5. The van der Waals surface area contributed by atoms with Crippen LogP contribution in [-0.4, -0.2) is 13.2 Å². The Morgan fingerprint density at radius 1 is 1.25 bits per heavy atom. The molecule has 0 aliphatic carbocycles. The summed E-state index contributed by atoms with van der Waals surface area (Å²) in [5.74, 6) is -0.466. The van der Waals surface area contributed by atoms with E-state index in [0.29, 0.717) is 5.56 Å². The molecule has 1 heterocycles. The van der Waals surface area contributed by atoms with Crippen molar-refractivity contribution in [2.45, 2.75) is 11.7 Å². The monoisotopic (exact) mass is 291 g/mol. The van der Waals surface area contributed by atoms with E-state index in [0.717, 1.165) is 11.3 Å². The van der Waals surface area contributed by atoms with Gasteiger partial charge in [-0.25, -0.2) is 4.39 Å². The zero-order valence-electron chi connectivity index (χ0n) is 11.0. The second kappa shape index (κ2) is 4.45. The highest BCUT2D eigenvalue weighted by Crippen LogP contribution is 2.43. The summed E-state index contributed by atoms with van der Waals surface area (Å²) in [6.07, 6.45) is -0.443. The number of rotatable bonds is 1. The predicted molar refractivity (Wildman–Crippen MR) is 79.2 cm³/mol. The quantitative estimate of drug-likeness (QED) is 0.848. The average molecular weight is 292 g/mol. The third kappa shape index (κ3) is 1.66. The van der Waals surface area contributed by atoms with E-state index in [4.69, 9.17) is 23.1 Å². The summed E-state index contributed by atoms with van der Waals surface area (Å²) in [5.41, 5.74) is 14.6. The summed E-state index contributed by atoms with van der Waals surface area (Å²) in [7, 11) is 1.89. The van der Waals surface area contributed by atoms with Gasteiger partial charge in [0.15, 0.2) is 0 Å². The predicted octanol–water partition coefficient (Wildman–Crippen LogP) is 2.42. The molecule has 4 N–H and O–H groups in total. The summed E-state index contributed by atoms with van der Waals surface area (Å²) >= 11 is 5.88. The van der Waals surface area contributed by atoms with Gasteiger partial charge >= 0.3 is 0 Å². The van der Waals surface area contributed by atoms with Gasteiger partial charge in [-0.3, -0.25) is 0 Å². The lowest BCUT2D eigenvalue weighted by Crippen LogP contribution is -2.56. The van der Waals surface area contributed by atoms with Crippen LogP contribution in [-0.2, 0) is 5.54 Å². The first-order chi connectivity index (χ1) is 9.46. The van der Waals surface area contributed by atoms with Gasteiger partial charge in [-0.15, -0.1) is 0 Å². The average Bonchev–Trinajstić information content (AvgIpc) is 2.65. The number of nitrogens with two attached hydrogens (primary N) is 2. The van der Waals surface area contributed by atoms with Gasteiger partial charge in [-0.05, 0) is 23.8 Å². The molecule has 0 radical (unpaired) electrons. The fraction of sp³-hybridized carbons (Fsp3) is 0.200. The van der Waals surface area contributed by atoms with Crippen molar-refractivity contribution in [3.8, 4) is 0 Å². The molecule has 3 rings (SSSR count). The largest absolute Gasteiger partial charge is 0.357 e. The van der Waals surface area contributed by atoms with Gasteiger partial charge in [0.25, 0.3) is 0 Å². The first-order valence-corrected chi connectivity index (χ1v) is 6.66. The minimum atomic E-state index is -0.914. The normalized spacial score (nSPS) is 24.9. The number of hydrogen-bond donors (Lipinski definition) is 2. The molecule has 0 aromatic heterocycles. The number of anilines is 1. The van der Waals surface area contributed by atoms with Crippen molar-refractivity contribution in [3.05, 3.63) is 64.4 Å². The summed E-state index contributed by atoms with van der Waals surface area (Å²) in [4.78, 5) is 1.92. The van der Waals surface area contributed by atoms with Gasteiger partial charge in [0.1, 0.15) is 17.5 Å². The highest BCUT2D eigenvalue weighted by molar-refractivity contribution is 6.30. The summed E-state index contributed by atoms with van der Waals surface area (Å²) in [5, 5.41) is 0.0477. The van der Waals surface area contributed by atoms with E-state index in [9.17, 15) is 4.39 Å². The summed E-state index contributed by atoms with van der Waals surface area (Å²) in [6, 6.07) is 12.3. The van der Waals surface area contributed by atoms with Crippen LogP contribution in [0.1, 0.15) is 11.1 Å². The molecule has 0 fully saturated rings. The van der Waals surface area contributed by atoms with E-state index >= 15 is 0 Å². The minimum Gasteiger partial charge on any atom is -0.357 e. The Labute approximate surface area is 121 Å². The number of benzene rings is 2. The molecule has 2 aromatic rings. The maximum Gasteiger partial charge on any atom is 0.141 e. The first kappa shape index (κ1) is 13.4. The molecular weight excluding hydrogens is 277 g/mol. The van der Waals surface area contributed by atoms with E-state index < -0.39 is 17.5 Å². The lowest BCUT2D eigenvalue weighted by molar-refractivity contribution is 0.448. The van der Waals surface area contributed by atoms with Crippen molar-refractivity contribution in [1.29, 1.82) is 0 Å². The maximum atomic E-state index is 13.4. The second-order valence-electron chi connectivity index (χ2n) is 5.07. The van der Waals surface area contributed by atoms with Crippen molar-refractivity contribution in [2.75, 3.05) is 11.9 Å². The Morgan fingerprint density at radius 2 is 1.95 bits per heavy atom. The lowest BCUT2D eigenvalue weighted by atomic mass is 9.83. The molecule has 1 aliphatic rings. The Kier molecular flexibility index (Phi) is 2.97. The highest BCUT2D eigenvalue weighted by Gasteiger charge is 2.46. The Hall–Kier alpha value is -1.62. The van der Waals surface area contributed by atoms with Gasteiger partial charge in [0, 0.05) is 18.3 Å². The van der Waals surface area contributed by atoms with Gasteiger partial charge in [-0.2, -0.15) is 0 Å². The molecule has 20 heavy (non-hydrogen) atoms. The third-order valence-corrected chi connectivity index (χ3v) is 4.30. The van der Waals surface area contributed by atoms with Crippen LogP contribution in [0.15, 0.2) is 42.5 Å². The van der Waals surface area contributed by atoms with Crippen molar-refractivity contribution in [3.63, 3.8) is 0 Å². The number of nitrogens with zero attached hydrogens (tertiary/aromatic N) is 1. The zero-order chi connectivity index (χ0) is 14.5. The molecule has 2 aromatic carbocycles. The Morgan fingerprint density at radius 3 is 2.65 bits per heavy atom. The van der Waals surface area contributed by atoms with Crippen molar-refractivity contribution >= 4 is 17.3 Å². The zero-order valence-corrected chi connectivity index (χ0v) is 11.7. The van der Waals surface area contributed by atoms with Gasteiger partial charge in [0.05, 0.1) is 5.02 Å². The molecule has 2 unspecified atom stereocenters. The van der Waals surface area contributed by atoms with E-state index in [1.165, 1.54) is 6.07 Å². The van der Waals surface area contributed by atoms with Crippen molar-refractivity contribution in [2.24, 2.45) is 11.5 Å². The summed E-state index contributed by atoms with van der Waals surface area (Å²) < 4.78 is 13.4. The van der Waals surface area contributed by atoms with Crippen LogP contribution in [0.4, 0.5) is 10.1 Å². The molecule has 0 saturated carbocycles. The maximum absolute atomic E-state index is 13.4. The van der Waals surface area contributed by atoms with Gasteiger partial charge < -0.3 is 16.4 Å². The number of hydrogen-bond acceptors (Lipinski definition) is 3. The Bertz CT molecular complexity index is 676. The molecule has 5 heteroatoms. The number of para-hydroxylation sites is 1. The van der Waals surface area contributed by atoms with Crippen LogP contribution in [0.5, 0.6) is 0 Å². The fourth-order valence-corrected chi connectivity index (χ4v) is 3.01. The van der Waals surface area contributed by atoms with Crippen LogP contribution in [0.25, 0.3) is 0 Å². The van der Waals surface area contributed by atoms with Crippen LogP contribution < -0.4 is 16.4 Å². The molecule has 0 amide bonds. The molecule has 0 spiro atoms. The van der Waals surface area contributed by atoms with Gasteiger partial charge in [-0.1, -0.05) is 35.9 Å². The minimum absolute atomic E-state index is 0.0477. The SMILES string of the molecule is CN1c2ccccc2C(N)(c2ccc(F)c(Cl)c2)C1N. The number of fused-ring (bicyclic) bond motifs is 1. The lowest BCUT2D eigenvalue weighted by Gasteiger charge is -2.32. The second-order valence-corrected chi connectivity index (χ2v) is 5.48. The topological polar surface area (TPSA) is 55.3 Å². The Balaban J connectivity index is 2.23. The first-order valence-electron chi connectivity index (χ1n) is 6.28. The molecule has 2 atom stereocenters. The molecule has 0 saturated heterocycles. The smallest absolute Gasteiger partial charge is 0.141 e. The molecule has 104 valence electrons.